The van der Waals surface area contributed by atoms with Crippen LogP contribution in [0.2, 0.25) is 0 Å². The smallest absolute Gasteiger partial charge is 0.122 e. The van der Waals surface area contributed by atoms with E-state index in [2.05, 4.69) is 6.07 Å². The van der Waals surface area contributed by atoms with Gasteiger partial charge in [0.2, 0.25) is 0 Å². The van der Waals surface area contributed by atoms with E-state index in [1.165, 1.54) is 5.56 Å². The van der Waals surface area contributed by atoms with Gasteiger partial charge in [0.25, 0.3) is 0 Å². The van der Waals surface area contributed by atoms with E-state index < -0.39 is 0 Å². The van der Waals surface area contributed by atoms with Crippen LogP contribution in [0.4, 0.5) is 0 Å². The van der Waals surface area contributed by atoms with E-state index in [9.17, 15) is 0 Å². The Kier molecular flexibility index (Phi) is 4.31. The number of hydrogen-bond acceptors (Lipinski definition) is 1. The van der Waals surface area contributed by atoms with Gasteiger partial charge in [0.05, 0.1) is 6.61 Å². The van der Waals surface area contributed by atoms with Crippen LogP contribution in [0, 0.1) is 0 Å². The topological polar surface area (TPSA) is 9.23 Å². The number of para-hydroxylation sites is 1. The Morgan fingerprint density at radius 3 is 2.55 bits per heavy atom. The molecule has 0 unspecified atom stereocenters. The molecule has 0 radical (unpaired) electrons. The third-order valence-electron chi connectivity index (χ3n) is 1.60. The molecular weight excluding hydrogens is 183 g/mol. The quantitative estimate of drug-likeness (QED) is 0.614. The lowest BCUT2D eigenvalue weighted by atomic mass is 10.2. The first-order valence-corrected chi connectivity index (χ1v) is 3.17. The molecule has 1 aliphatic heterocycles. The summed E-state index contributed by atoms with van der Waals surface area (Å²) in [4.78, 5) is 0. The van der Waals surface area contributed by atoms with E-state index in [4.69, 9.17) is 4.74 Å². The average molecular weight is 193 g/mol. The van der Waals surface area contributed by atoms with Crippen molar-refractivity contribution in [2.24, 2.45) is 0 Å². The molecule has 1 nitrogen and oxygen atoms in total. The van der Waals surface area contributed by atoms with E-state index in [1.807, 2.05) is 18.2 Å². The fraction of sp³-hybridized carbons (Fsp3) is 0.250. The van der Waals surface area contributed by atoms with Gasteiger partial charge in [-0.25, -0.2) is 0 Å². The van der Waals surface area contributed by atoms with Gasteiger partial charge in [0.1, 0.15) is 5.75 Å². The molecule has 0 aliphatic carbocycles. The molecule has 0 N–H and O–H groups in total. The summed E-state index contributed by atoms with van der Waals surface area (Å²) in [5.41, 5.74) is 1.34. The van der Waals surface area contributed by atoms with E-state index in [-0.39, 0.29) is 24.8 Å². The van der Waals surface area contributed by atoms with Crippen LogP contribution in [0.25, 0.3) is 0 Å². The fourth-order valence-corrected chi connectivity index (χ4v) is 1.12. The van der Waals surface area contributed by atoms with Crippen molar-refractivity contribution in [1.82, 2.24) is 0 Å². The Bertz CT molecular complexity index is 202. The highest BCUT2D eigenvalue weighted by Crippen LogP contribution is 2.23. The molecule has 0 amide bonds. The van der Waals surface area contributed by atoms with Gasteiger partial charge in [-0.15, -0.1) is 24.8 Å². The van der Waals surface area contributed by atoms with Crippen LogP contribution in [-0.2, 0) is 6.42 Å². The lowest BCUT2D eigenvalue weighted by molar-refractivity contribution is 0.357. The van der Waals surface area contributed by atoms with Crippen LogP contribution >= 0.6 is 24.8 Å². The minimum absolute atomic E-state index is 0. The van der Waals surface area contributed by atoms with Gasteiger partial charge in [0.15, 0.2) is 0 Å². The standard InChI is InChI=1S/C8H8O.2ClH/c1-2-4-8-7(3-1)5-6-9-8;;/h1-4H,5-6H2;2*1H. The first kappa shape index (κ1) is 10.6. The summed E-state index contributed by atoms with van der Waals surface area (Å²) in [6.07, 6.45) is 1.08. The van der Waals surface area contributed by atoms with Crippen LogP contribution in [0.3, 0.4) is 0 Å². The molecule has 0 spiro atoms. The first-order valence-electron chi connectivity index (χ1n) is 3.17. The molecule has 1 aliphatic rings. The second-order valence-corrected chi connectivity index (χ2v) is 2.21. The third-order valence-corrected chi connectivity index (χ3v) is 1.60. The Labute approximate surface area is 78.6 Å². The Morgan fingerprint density at radius 2 is 1.82 bits per heavy atom. The number of rotatable bonds is 0. The van der Waals surface area contributed by atoms with Crippen molar-refractivity contribution < 1.29 is 4.74 Å². The molecule has 11 heavy (non-hydrogen) atoms. The predicted molar refractivity (Wildman–Crippen MR) is 50.1 cm³/mol. The summed E-state index contributed by atoms with van der Waals surface area (Å²) in [5.74, 6) is 1.07. The molecule has 0 bridgehead atoms. The largest absolute Gasteiger partial charge is 0.493 e. The Balaban J connectivity index is 0.000000500. The van der Waals surface area contributed by atoms with E-state index in [0.717, 1.165) is 18.8 Å². The van der Waals surface area contributed by atoms with Crippen molar-refractivity contribution >= 4 is 24.8 Å². The summed E-state index contributed by atoms with van der Waals surface area (Å²) in [6, 6.07) is 8.18. The highest BCUT2D eigenvalue weighted by molar-refractivity contribution is 5.85. The van der Waals surface area contributed by atoms with Crippen LogP contribution < -0.4 is 4.74 Å². The molecule has 0 aromatic heterocycles. The normalized spacial score (nSPS) is 12.0. The van der Waals surface area contributed by atoms with Crippen LogP contribution in [0.15, 0.2) is 24.3 Å². The zero-order chi connectivity index (χ0) is 6.10. The maximum absolute atomic E-state index is 5.30. The molecule has 3 heteroatoms. The van der Waals surface area contributed by atoms with E-state index in [1.54, 1.807) is 0 Å². The number of halogens is 2. The Morgan fingerprint density at radius 1 is 1.09 bits per heavy atom. The molecule has 0 saturated carbocycles. The third kappa shape index (κ3) is 2.01. The van der Waals surface area contributed by atoms with Crippen molar-refractivity contribution in [1.29, 1.82) is 0 Å². The van der Waals surface area contributed by atoms with Gasteiger partial charge >= 0.3 is 0 Å². The molecule has 0 saturated heterocycles. The number of benzene rings is 1. The SMILES string of the molecule is Cl.Cl.c1ccc2c(c1)CCO2. The maximum Gasteiger partial charge on any atom is 0.122 e. The molecule has 0 atom stereocenters. The van der Waals surface area contributed by atoms with Crippen molar-refractivity contribution in [3.8, 4) is 5.75 Å². The van der Waals surface area contributed by atoms with Gasteiger partial charge in [-0.1, -0.05) is 18.2 Å². The number of hydrogen-bond donors (Lipinski definition) is 0. The van der Waals surface area contributed by atoms with Crippen LogP contribution in [0.5, 0.6) is 5.75 Å². The minimum Gasteiger partial charge on any atom is -0.493 e. The maximum atomic E-state index is 5.30. The highest BCUT2D eigenvalue weighted by Gasteiger charge is 2.08. The molecular formula is C8H10Cl2O. The lowest BCUT2D eigenvalue weighted by Gasteiger charge is -1.93. The average Bonchev–Trinajstić information content (AvgIpc) is 2.33. The van der Waals surface area contributed by atoms with E-state index >= 15 is 0 Å². The van der Waals surface area contributed by atoms with Crippen molar-refractivity contribution in [2.45, 2.75) is 6.42 Å². The molecule has 62 valence electrons. The predicted octanol–water partition coefficient (Wildman–Crippen LogP) is 2.47. The van der Waals surface area contributed by atoms with Gasteiger partial charge in [0, 0.05) is 6.42 Å². The monoisotopic (exact) mass is 192 g/mol. The molecule has 0 fully saturated rings. The van der Waals surface area contributed by atoms with Gasteiger partial charge in [-0.05, 0) is 11.6 Å². The molecule has 1 aromatic carbocycles. The zero-order valence-electron chi connectivity index (χ0n) is 5.95. The molecule has 1 heterocycles. The van der Waals surface area contributed by atoms with Crippen molar-refractivity contribution in [3.63, 3.8) is 0 Å². The highest BCUT2D eigenvalue weighted by atomic mass is 35.5. The Hall–Kier alpha value is -0.400. The fourth-order valence-electron chi connectivity index (χ4n) is 1.12. The summed E-state index contributed by atoms with van der Waals surface area (Å²) in [7, 11) is 0. The van der Waals surface area contributed by atoms with Gasteiger partial charge in [-0.3, -0.25) is 0 Å². The molecule has 1 aromatic rings. The van der Waals surface area contributed by atoms with Crippen LogP contribution in [-0.4, -0.2) is 6.61 Å². The lowest BCUT2D eigenvalue weighted by Crippen LogP contribution is -1.85. The number of fused-ring (bicyclic) bond motifs is 1. The van der Waals surface area contributed by atoms with E-state index in [0.29, 0.717) is 0 Å². The summed E-state index contributed by atoms with van der Waals surface area (Å²) < 4.78 is 5.30. The first-order chi connectivity index (χ1) is 4.47. The van der Waals surface area contributed by atoms with Crippen molar-refractivity contribution in [3.05, 3.63) is 29.8 Å². The summed E-state index contributed by atoms with van der Waals surface area (Å²) >= 11 is 0. The summed E-state index contributed by atoms with van der Waals surface area (Å²) in [5, 5.41) is 0. The summed E-state index contributed by atoms with van der Waals surface area (Å²) in [6.45, 7) is 0.860. The number of ether oxygens (including phenoxy) is 1. The molecule has 2 rings (SSSR count). The minimum atomic E-state index is 0. The van der Waals surface area contributed by atoms with Crippen LogP contribution in [0.1, 0.15) is 5.56 Å². The zero-order valence-corrected chi connectivity index (χ0v) is 7.58. The second kappa shape index (κ2) is 4.47. The van der Waals surface area contributed by atoms with Gasteiger partial charge < -0.3 is 4.74 Å². The van der Waals surface area contributed by atoms with Crippen molar-refractivity contribution in [2.75, 3.05) is 6.61 Å². The van der Waals surface area contributed by atoms with Gasteiger partial charge in [-0.2, -0.15) is 0 Å². The second-order valence-electron chi connectivity index (χ2n) is 2.21.